The van der Waals surface area contributed by atoms with Crippen LogP contribution in [0, 0.1) is 0 Å². The van der Waals surface area contributed by atoms with E-state index in [1.807, 2.05) is 13.0 Å². The summed E-state index contributed by atoms with van der Waals surface area (Å²) >= 11 is 3.36. The Morgan fingerprint density at radius 1 is 1.39 bits per heavy atom. The number of carbonyl (C=O) groups is 1. The molecule has 1 aliphatic heterocycles. The van der Waals surface area contributed by atoms with Crippen molar-refractivity contribution in [3.05, 3.63) is 64.4 Å². The first-order valence-corrected chi connectivity index (χ1v) is 8.13. The third-order valence-corrected chi connectivity index (χ3v) is 4.33. The molecule has 3 rings (SSSR count). The van der Waals surface area contributed by atoms with E-state index in [4.69, 9.17) is 0 Å². The van der Waals surface area contributed by atoms with Gasteiger partial charge in [0.25, 0.3) is 5.91 Å². The molecule has 1 atom stereocenters. The summed E-state index contributed by atoms with van der Waals surface area (Å²) in [6.45, 7) is 1.95. The molecule has 0 fully saturated rings. The zero-order valence-corrected chi connectivity index (χ0v) is 14.2. The van der Waals surface area contributed by atoms with E-state index in [-0.39, 0.29) is 12.3 Å². The van der Waals surface area contributed by atoms with Gasteiger partial charge in [-0.2, -0.15) is 10.1 Å². The summed E-state index contributed by atoms with van der Waals surface area (Å²) in [5, 5.41) is 16.7. The van der Waals surface area contributed by atoms with Crippen molar-refractivity contribution in [2.45, 2.75) is 25.5 Å². The maximum Gasteiger partial charge on any atom is 0.276 e. The Labute approximate surface area is 142 Å². The van der Waals surface area contributed by atoms with Gasteiger partial charge in [-0.1, -0.05) is 35.0 Å². The van der Waals surface area contributed by atoms with Crippen LogP contribution in [0.3, 0.4) is 0 Å². The van der Waals surface area contributed by atoms with E-state index in [0.717, 1.165) is 10.2 Å². The van der Waals surface area contributed by atoms with Crippen LogP contribution in [0.1, 0.15) is 35.7 Å². The third kappa shape index (κ3) is 2.92. The molecule has 1 aliphatic rings. The molecule has 0 unspecified atom stereocenters. The molecule has 23 heavy (non-hydrogen) atoms. The van der Waals surface area contributed by atoms with Crippen LogP contribution >= 0.6 is 15.9 Å². The van der Waals surface area contributed by atoms with Crippen LogP contribution in [-0.4, -0.2) is 26.7 Å². The van der Waals surface area contributed by atoms with Crippen LogP contribution in [0.25, 0.3) is 0 Å². The van der Waals surface area contributed by atoms with E-state index in [1.165, 1.54) is 5.01 Å². The fraction of sp³-hybridized carbons (Fsp3) is 0.235. The summed E-state index contributed by atoms with van der Waals surface area (Å²) in [4.78, 5) is 16.9. The molecule has 0 aliphatic carbocycles. The van der Waals surface area contributed by atoms with Crippen molar-refractivity contribution in [3.63, 3.8) is 0 Å². The van der Waals surface area contributed by atoms with Crippen LogP contribution in [0.4, 0.5) is 0 Å². The second kappa shape index (κ2) is 6.22. The number of amides is 1. The van der Waals surface area contributed by atoms with E-state index in [2.05, 4.69) is 26.0 Å². The molecule has 118 valence electrons. The van der Waals surface area contributed by atoms with Gasteiger partial charge in [-0.3, -0.25) is 9.78 Å². The first kappa shape index (κ1) is 15.8. The molecule has 0 spiro atoms. The van der Waals surface area contributed by atoms with Gasteiger partial charge in [0.1, 0.15) is 0 Å². The van der Waals surface area contributed by atoms with Crippen molar-refractivity contribution in [3.8, 4) is 0 Å². The van der Waals surface area contributed by atoms with Crippen LogP contribution < -0.4 is 0 Å². The average molecular weight is 374 g/mol. The van der Waals surface area contributed by atoms with E-state index in [0.29, 0.717) is 17.5 Å². The fourth-order valence-corrected chi connectivity index (χ4v) is 3.00. The van der Waals surface area contributed by atoms with E-state index in [1.54, 1.807) is 42.7 Å². The van der Waals surface area contributed by atoms with Crippen LogP contribution in [0.5, 0.6) is 0 Å². The summed E-state index contributed by atoms with van der Waals surface area (Å²) in [7, 11) is 0. The lowest BCUT2D eigenvalue weighted by Crippen LogP contribution is -2.43. The Bertz CT molecular complexity index is 763. The number of pyridine rings is 1. The molecule has 2 heterocycles. The maximum absolute atomic E-state index is 12.9. The lowest BCUT2D eigenvalue weighted by atomic mass is 9.97. The minimum absolute atomic E-state index is 0.287. The Hall–Kier alpha value is -2.05. The number of halogens is 1. The molecule has 0 radical (unpaired) electrons. The predicted octanol–water partition coefficient (Wildman–Crippen LogP) is 3.30. The standard InChI is InChI=1S/C17H16BrN3O2/c1-2-15-10-17(23,13-6-4-8-19-11-13)21(20-15)16(22)12-5-3-7-14(18)9-12/h3-9,11,23H,2,10H2,1H3/t17-/m0/s1. The van der Waals surface area contributed by atoms with Crippen molar-refractivity contribution in [1.82, 2.24) is 9.99 Å². The molecule has 1 aromatic carbocycles. The van der Waals surface area contributed by atoms with Crippen molar-refractivity contribution < 1.29 is 9.90 Å². The molecule has 1 N–H and O–H groups in total. The number of rotatable bonds is 3. The van der Waals surface area contributed by atoms with E-state index < -0.39 is 5.72 Å². The molecular formula is C17H16BrN3O2. The fourth-order valence-electron chi connectivity index (χ4n) is 2.60. The highest BCUT2D eigenvalue weighted by Crippen LogP contribution is 2.36. The Morgan fingerprint density at radius 3 is 2.87 bits per heavy atom. The zero-order chi connectivity index (χ0) is 16.4. The lowest BCUT2D eigenvalue weighted by Gasteiger charge is -2.31. The highest BCUT2D eigenvalue weighted by atomic mass is 79.9. The second-order valence-corrected chi connectivity index (χ2v) is 6.30. The average Bonchev–Trinajstić information content (AvgIpc) is 2.93. The summed E-state index contributed by atoms with van der Waals surface area (Å²) in [6, 6.07) is 10.5. The van der Waals surface area contributed by atoms with Gasteiger partial charge < -0.3 is 5.11 Å². The number of hydrazone groups is 1. The number of hydrogen-bond donors (Lipinski definition) is 1. The van der Waals surface area contributed by atoms with Gasteiger partial charge in [-0.05, 0) is 30.7 Å². The number of aliphatic hydroxyl groups is 1. The van der Waals surface area contributed by atoms with Gasteiger partial charge in [0.05, 0.1) is 0 Å². The van der Waals surface area contributed by atoms with Gasteiger partial charge >= 0.3 is 0 Å². The summed E-state index contributed by atoms with van der Waals surface area (Å²) in [6.07, 6.45) is 4.15. The van der Waals surface area contributed by atoms with Crippen molar-refractivity contribution in [1.29, 1.82) is 0 Å². The Kier molecular flexibility index (Phi) is 4.28. The summed E-state index contributed by atoms with van der Waals surface area (Å²) < 4.78 is 0.798. The topological polar surface area (TPSA) is 65.8 Å². The van der Waals surface area contributed by atoms with Gasteiger partial charge in [-0.15, -0.1) is 0 Å². The summed E-state index contributed by atoms with van der Waals surface area (Å²) in [5.74, 6) is -0.346. The summed E-state index contributed by atoms with van der Waals surface area (Å²) in [5.41, 5.74) is 0.289. The Morgan fingerprint density at radius 2 is 2.22 bits per heavy atom. The molecule has 5 nitrogen and oxygen atoms in total. The smallest absolute Gasteiger partial charge is 0.276 e. The first-order chi connectivity index (χ1) is 11.0. The van der Waals surface area contributed by atoms with Crippen LogP contribution in [-0.2, 0) is 5.72 Å². The third-order valence-electron chi connectivity index (χ3n) is 3.84. The minimum atomic E-state index is -1.50. The van der Waals surface area contributed by atoms with Crippen LogP contribution in [0.15, 0.2) is 58.4 Å². The maximum atomic E-state index is 12.9. The monoisotopic (exact) mass is 373 g/mol. The molecule has 0 saturated carbocycles. The number of hydrogen-bond acceptors (Lipinski definition) is 4. The first-order valence-electron chi connectivity index (χ1n) is 7.34. The predicted molar refractivity (Wildman–Crippen MR) is 90.8 cm³/mol. The van der Waals surface area contributed by atoms with Gasteiger partial charge in [0.15, 0.2) is 5.72 Å². The second-order valence-electron chi connectivity index (χ2n) is 5.38. The highest BCUT2D eigenvalue weighted by molar-refractivity contribution is 9.10. The van der Waals surface area contributed by atoms with Gasteiger partial charge in [0, 0.05) is 40.1 Å². The molecular weight excluding hydrogens is 358 g/mol. The number of benzene rings is 1. The molecule has 6 heteroatoms. The molecule has 2 aromatic rings. The molecule has 1 amide bonds. The number of aromatic nitrogens is 1. The highest BCUT2D eigenvalue weighted by Gasteiger charge is 2.45. The van der Waals surface area contributed by atoms with E-state index >= 15 is 0 Å². The largest absolute Gasteiger partial charge is 0.365 e. The van der Waals surface area contributed by atoms with Crippen molar-refractivity contribution in [2.75, 3.05) is 0 Å². The van der Waals surface area contributed by atoms with Gasteiger partial charge in [0.2, 0.25) is 0 Å². The SMILES string of the molecule is CCC1=NN(C(=O)c2cccc(Br)c2)[C@@](O)(c2cccnc2)C1. The van der Waals surface area contributed by atoms with Gasteiger partial charge in [-0.25, -0.2) is 0 Å². The molecule has 0 saturated heterocycles. The van der Waals surface area contributed by atoms with Crippen molar-refractivity contribution in [2.24, 2.45) is 5.10 Å². The van der Waals surface area contributed by atoms with Crippen LogP contribution in [0.2, 0.25) is 0 Å². The molecule has 1 aromatic heterocycles. The Balaban J connectivity index is 2.03. The lowest BCUT2D eigenvalue weighted by molar-refractivity contribution is -0.0767. The zero-order valence-electron chi connectivity index (χ0n) is 12.6. The molecule has 0 bridgehead atoms. The minimum Gasteiger partial charge on any atom is -0.365 e. The van der Waals surface area contributed by atoms with E-state index in [9.17, 15) is 9.90 Å². The normalized spacial score (nSPS) is 20.5. The number of carbonyl (C=O) groups excluding carboxylic acids is 1. The number of nitrogens with zero attached hydrogens (tertiary/aromatic N) is 3. The van der Waals surface area contributed by atoms with Crippen molar-refractivity contribution >= 4 is 27.5 Å². The quantitative estimate of drug-likeness (QED) is 0.897.